The van der Waals surface area contributed by atoms with Crippen LogP contribution < -0.4 is 5.32 Å². The van der Waals surface area contributed by atoms with Gasteiger partial charge in [0.2, 0.25) is 0 Å². The molecule has 1 aromatic carbocycles. The van der Waals surface area contributed by atoms with Gasteiger partial charge in [-0.3, -0.25) is 4.90 Å². The van der Waals surface area contributed by atoms with E-state index < -0.39 is 0 Å². The van der Waals surface area contributed by atoms with Gasteiger partial charge in [0.25, 0.3) is 0 Å². The summed E-state index contributed by atoms with van der Waals surface area (Å²) >= 11 is 0. The van der Waals surface area contributed by atoms with Crippen LogP contribution in [0.25, 0.3) is 0 Å². The zero-order valence-corrected chi connectivity index (χ0v) is 11.9. The van der Waals surface area contributed by atoms with Crippen LogP contribution in [-0.2, 0) is 6.54 Å². The minimum absolute atomic E-state index is 0.715. The smallest absolute Gasteiger partial charge is 0.0239 e. The van der Waals surface area contributed by atoms with Crippen LogP contribution in [0.1, 0.15) is 31.4 Å². The molecule has 1 aliphatic rings. The van der Waals surface area contributed by atoms with Gasteiger partial charge in [-0.25, -0.2) is 0 Å². The molecule has 1 aliphatic heterocycles. The maximum absolute atomic E-state index is 3.48. The minimum atomic E-state index is 0.715. The highest BCUT2D eigenvalue weighted by Gasteiger charge is 2.23. The first-order valence-corrected chi connectivity index (χ1v) is 7.16. The Balaban J connectivity index is 2.06. The summed E-state index contributed by atoms with van der Waals surface area (Å²) in [4.78, 5) is 2.66. The van der Waals surface area contributed by atoms with Crippen molar-refractivity contribution >= 4 is 0 Å². The molecule has 2 heteroatoms. The molecule has 1 atom stereocenters. The fraction of sp³-hybridized carbons (Fsp3) is 0.625. The number of nitrogens with zero attached hydrogens (tertiary/aromatic N) is 1. The van der Waals surface area contributed by atoms with E-state index in [1.165, 1.54) is 30.6 Å². The number of hydrogen-bond acceptors (Lipinski definition) is 2. The zero-order valence-electron chi connectivity index (χ0n) is 11.9. The highest BCUT2D eigenvalue weighted by Crippen LogP contribution is 2.17. The first-order chi connectivity index (χ1) is 8.66. The van der Waals surface area contributed by atoms with E-state index in [4.69, 9.17) is 0 Å². The summed E-state index contributed by atoms with van der Waals surface area (Å²) in [5.41, 5.74) is 2.89. The molecule has 0 bridgehead atoms. The van der Waals surface area contributed by atoms with Crippen LogP contribution in [0.4, 0.5) is 0 Å². The Hall–Kier alpha value is -0.860. The lowest BCUT2D eigenvalue weighted by molar-refractivity contribution is 0.177. The van der Waals surface area contributed by atoms with E-state index in [2.05, 4.69) is 55.3 Å². The summed E-state index contributed by atoms with van der Waals surface area (Å²) in [7, 11) is 0. The second kappa shape index (κ2) is 6.35. The molecule has 2 rings (SSSR count). The quantitative estimate of drug-likeness (QED) is 0.859. The van der Waals surface area contributed by atoms with Gasteiger partial charge in [-0.2, -0.15) is 0 Å². The summed E-state index contributed by atoms with van der Waals surface area (Å²) < 4.78 is 0. The molecule has 0 radical (unpaired) electrons. The van der Waals surface area contributed by atoms with Gasteiger partial charge in [-0.05, 0) is 36.9 Å². The van der Waals surface area contributed by atoms with Crippen LogP contribution in [0.2, 0.25) is 0 Å². The van der Waals surface area contributed by atoms with Crippen molar-refractivity contribution < 1.29 is 0 Å². The molecule has 0 unspecified atom stereocenters. The Morgan fingerprint density at radius 2 is 2.11 bits per heavy atom. The van der Waals surface area contributed by atoms with Crippen LogP contribution >= 0.6 is 0 Å². The Labute approximate surface area is 111 Å². The summed E-state index contributed by atoms with van der Waals surface area (Å²) in [6, 6.07) is 9.49. The number of hydrogen-bond donors (Lipinski definition) is 1. The lowest BCUT2D eigenvalue weighted by Gasteiger charge is -2.30. The lowest BCUT2D eigenvalue weighted by atomic mass is 10.1. The normalized spacial score (nSPS) is 19.9. The van der Waals surface area contributed by atoms with E-state index >= 15 is 0 Å². The fourth-order valence-corrected chi connectivity index (χ4v) is 2.77. The van der Waals surface area contributed by atoms with Crippen molar-refractivity contribution in [1.82, 2.24) is 10.2 Å². The standard InChI is InChI=1S/C16H26N2/c1-13(2)11-18(16-8-9-17-10-16)12-15-7-5-4-6-14(15)3/h4-7,13,16-17H,8-12H2,1-3H3/t16-/m0/s1. The average molecular weight is 246 g/mol. The predicted octanol–water partition coefficient (Wildman–Crippen LogP) is 2.81. The molecule has 1 heterocycles. The van der Waals surface area contributed by atoms with E-state index in [1.807, 2.05) is 0 Å². The van der Waals surface area contributed by atoms with Gasteiger partial charge in [0.15, 0.2) is 0 Å². The predicted molar refractivity (Wildman–Crippen MR) is 77.7 cm³/mol. The van der Waals surface area contributed by atoms with Crippen LogP contribution in [0.5, 0.6) is 0 Å². The molecule has 1 fully saturated rings. The molecular weight excluding hydrogens is 220 g/mol. The van der Waals surface area contributed by atoms with Crippen LogP contribution in [0.15, 0.2) is 24.3 Å². The lowest BCUT2D eigenvalue weighted by Crippen LogP contribution is -2.38. The molecule has 0 aromatic heterocycles. The van der Waals surface area contributed by atoms with Gasteiger partial charge in [0, 0.05) is 25.7 Å². The van der Waals surface area contributed by atoms with E-state index in [0.717, 1.165) is 19.0 Å². The van der Waals surface area contributed by atoms with Crippen molar-refractivity contribution in [1.29, 1.82) is 0 Å². The van der Waals surface area contributed by atoms with Gasteiger partial charge in [-0.1, -0.05) is 38.1 Å². The number of benzene rings is 1. The summed E-state index contributed by atoms with van der Waals surface area (Å²) in [6.07, 6.45) is 1.29. The second-order valence-corrected chi connectivity index (χ2v) is 5.90. The molecule has 0 amide bonds. The van der Waals surface area contributed by atoms with Gasteiger partial charge >= 0.3 is 0 Å². The van der Waals surface area contributed by atoms with Crippen molar-refractivity contribution in [3.8, 4) is 0 Å². The topological polar surface area (TPSA) is 15.3 Å². The molecule has 100 valence electrons. The van der Waals surface area contributed by atoms with Crippen molar-refractivity contribution in [2.45, 2.75) is 39.8 Å². The van der Waals surface area contributed by atoms with Gasteiger partial charge in [-0.15, -0.1) is 0 Å². The van der Waals surface area contributed by atoms with E-state index in [9.17, 15) is 0 Å². The van der Waals surface area contributed by atoms with Crippen molar-refractivity contribution in [2.75, 3.05) is 19.6 Å². The average Bonchev–Trinajstić information content (AvgIpc) is 2.84. The van der Waals surface area contributed by atoms with Crippen LogP contribution in [0.3, 0.4) is 0 Å². The van der Waals surface area contributed by atoms with Crippen molar-refractivity contribution in [2.24, 2.45) is 5.92 Å². The third-order valence-corrected chi connectivity index (χ3v) is 3.79. The summed E-state index contributed by atoms with van der Waals surface area (Å²) in [5.74, 6) is 0.731. The van der Waals surface area contributed by atoms with Crippen molar-refractivity contribution in [3.05, 3.63) is 35.4 Å². The fourth-order valence-electron chi connectivity index (χ4n) is 2.77. The Morgan fingerprint density at radius 3 is 2.72 bits per heavy atom. The molecule has 18 heavy (non-hydrogen) atoms. The van der Waals surface area contributed by atoms with Crippen LogP contribution in [0, 0.1) is 12.8 Å². The molecule has 0 saturated carbocycles. The van der Waals surface area contributed by atoms with Crippen molar-refractivity contribution in [3.63, 3.8) is 0 Å². The number of rotatable bonds is 5. The largest absolute Gasteiger partial charge is 0.315 e. The molecule has 0 spiro atoms. The first kappa shape index (κ1) is 13.6. The molecule has 2 nitrogen and oxygen atoms in total. The molecule has 1 aromatic rings. The Morgan fingerprint density at radius 1 is 1.33 bits per heavy atom. The summed E-state index contributed by atoms with van der Waals surface area (Å²) in [6.45, 7) is 11.5. The SMILES string of the molecule is Cc1ccccc1CN(CC(C)C)[C@H]1CCNC1. The first-order valence-electron chi connectivity index (χ1n) is 7.16. The van der Waals surface area contributed by atoms with Gasteiger partial charge < -0.3 is 5.32 Å². The van der Waals surface area contributed by atoms with Gasteiger partial charge in [0.05, 0.1) is 0 Å². The third-order valence-electron chi connectivity index (χ3n) is 3.79. The molecular formula is C16H26N2. The highest BCUT2D eigenvalue weighted by atomic mass is 15.2. The Kier molecular flexibility index (Phi) is 4.79. The second-order valence-electron chi connectivity index (χ2n) is 5.90. The highest BCUT2D eigenvalue weighted by molar-refractivity contribution is 5.25. The molecule has 0 aliphatic carbocycles. The monoisotopic (exact) mass is 246 g/mol. The third kappa shape index (κ3) is 3.56. The summed E-state index contributed by atoms with van der Waals surface area (Å²) in [5, 5.41) is 3.48. The maximum Gasteiger partial charge on any atom is 0.0239 e. The van der Waals surface area contributed by atoms with E-state index in [0.29, 0.717) is 6.04 Å². The molecule has 1 N–H and O–H groups in total. The zero-order chi connectivity index (χ0) is 13.0. The number of aryl methyl sites for hydroxylation is 1. The minimum Gasteiger partial charge on any atom is -0.315 e. The Bertz CT molecular complexity index is 367. The number of nitrogens with one attached hydrogen (secondary N) is 1. The van der Waals surface area contributed by atoms with E-state index in [-0.39, 0.29) is 0 Å². The van der Waals surface area contributed by atoms with Gasteiger partial charge in [0.1, 0.15) is 0 Å². The molecule has 1 saturated heterocycles. The maximum atomic E-state index is 3.48. The van der Waals surface area contributed by atoms with E-state index in [1.54, 1.807) is 0 Å². The van der Waals surface area contributed by atoms with Crippen LogP contribution in [-0.4, -0.2) is 30.6 Å².